The fourth-order valence-electron chi connectivity index (χ4n) is 1.71. The third-order valence-electron chi connectivity index (χ3n) is 2.86. The zero-order chi connectivity index (χ0) is 16.8. The van der Waals surface area contributed by atoms with Gasteiger partial charge in [-0.2, -0.15) is 0 Å². The zero-order valence-electron chi connectivity index (χ0n) is 12.1. The average Bonchev–Trinajstić information content (AvgIpc) is 2.55. The molecule has 0 heterocycles. The van der Waals surface area contributed by atoms with Crippen molar-refractivity contribution >= 4 is 40.8 Å². The highest BCUT2D eigenvalue weighted by Crippen LogP contribution is 2.23. The first-order chi connectivity index (χ1) is 11.0. The lowest BCUT2D eigenvalue weighted by molar-refractivity contribution is -0.142. The lowest BCUT2D eigenvalue weighted by Crippen LogP contribution is -2.13. The van der Waals surface area contributed by atoms with Crippen LogP contribution in [0.1, 0.15) is 10.4 Å². The maximum Gasteiger partial charge on any atom is 0.343 e. The van der Waals surface area contributed by atoms with E-state index < -0.39 is 5.97 Å². The topological polar surface area (TPSA) is 64.6 Å². The minimum atomic E-state index is -0.491. The Hall–Kier alpha value is -2.24. The third kappa shape index (κ3) is 4.87. The number of carbonyl (C=O) groups excluding carboxylic acids is 2. The summed E-state index contributed by atoms with van der Waals surface area (Å²) in [5, 5.41) is 3.39. The lowest BCUT2D eigenvalue weighted by Gasteiger charge is -2.09. The number of ether oxygens (including phenoxy) is 2. The highest BCUT2D eigenvalue weighted by molar-refractivity contribution is 6.42. The summed E-state index contributed by atoms with van der Waals surface area (Å²) in [6.07, 6.45) is 0. The van der Waals surface area contributed by atoms with E-state index in [1.54, 1.807) is 36.4 Å². The second kappa shape index (κ2) is 7.85. The number of hydrogen-bond acceptors (Lipinski definition) is 4. The number of amides is 1. The molecule has 0 atom stereocenters. The monoisotopic (exact) mass is 353 g/mol. The zero-order valence-corrected chi connectivity index (χ0v) is 13.6. The van der Waals surface area contributed by atoms with Crippen molar-refractivity contribution in [3.8, 4) is 5.75 Å². The number of esters is 1. The Bertz CT molecular complexity index is 734. The van der Waals surface area contributed by atoms with E-state index >= 15 is 0 Å². The molecule has 0 fully saturated rings. The van der Waals surface area contributed by atoms with Gasteiger partial charge >= 0.3 is 5.97 Å². The fraction of sp³-hybridized carbons (Fsp3) is 0.125. The first kappa shape index (κ1) is 17.1. The minimum absolute atomic E-state index is 0.208. The molecule has 0 aliphatic carbocycles. The van der Waals surface area contributed by atoms with Crippen molar-refractivity contribution in [2.45, 2.75) is 0 Å². The molecular weight excluding hydrogens is 341 g/mol. The van der Waals surface area contributed by atoms with Gasteiger partial charge in [0.25, 0.3) is 5.91 Å². The van der Waals surface area contributed by atoms with Gasteiger partial charge < -0.3 is 14.8 Å². The number of rotatable bonds is 5. The average molecular weight is 354 g/mol. The van der Waals surface area contributed by atoms with Gasteiger partial charge in [0, 0.05) is 17.3 Å². The molecule has 0 saturated heterocycles. The summed E-state index contributed by atoms with van der Waals surface area (Å²) in [7, 11) is 1.28. The van der Waals surface area contributed by atoms with E-state index in [0.717, 1.165) is 0 Å². The minimum Gasteiger partial charge on any atom is -0.482 e. The summed E-state index contributed by atoms with van der Waals surface area (Å²) >= 11 is 11.7. The second-order valence-electron chi connectivity index (χ2n) is 4.48. The van der Waals surface area contributed by atoms with E-state index in [4.69, 9.17) is 27.9 Å². The van der Waals surface area contributed by atoms with Crippen molar-refractivity contribution in [3.63, 3.8) is 0 Å². The largest absolute Gasteiger partial charge is 0.482 e. The molecule has 0 bridgehead atoms. The van der Waals surface area contributed by atoms with Crippen LogP contribution in [0.5, 0.6) is 5.75 Å². The third-order valence-corrected chi connectivity index (χ3v) is 3.60. The molecule has 1 N–H and O–H groups in total. The van der Waals surface area contributed by atoms with Crippen LogP contribution in [0.25, 0.3) is 0 Å². The summed E-state index contributed by atoms with van der Waals surface area (Å²) in [5.74, 6) is -0.397. The fourth-order valence-corrected chi connectivity index (χ4v) is 2.00. The van der Waals surface area contributed by atoms with Gasteiger partial charge in [-0.05, 0) is 30.3 Å². The van der Waals surface area contributed by atoms with Crippen molar-refractivity contribution in [2.24, 2.45) is 0 Å². The van der Waals surface area contributed by atoms with E-state index in [1.807, 2.05) is 0 Å². The molecule has 1 amide bonds. The van der Waals surface area contributed by atoms with Crippen molar-refractivity contribution in [1.82, 2.24) is 0 Å². The van der Waals surface area contributed by atoms with Crippen LogP contribution in [-0.4, -0.2) is 25.6 Å². The Balaban J connectivity index is 2.06. The molecule has 120 valence electrons. The van der Waals surface area contributed by atoms with E-state index in [2.05, 4.69) is 10.1 Å². The number of methoxy groups -OCH3 is 1. The summed E-state index contributed by atoms with van der Waals surface area (Å²) in [6, 6.07) is 11.3. The maximum atomic E-state index is 12.2. The Labute approximate surface area is 143 Å². The van der Waals surface area contributed by atoms with Crippen molar-refractivity contribution in [1.29, 1.82) is 0 Å². The van der Waals surface area contributed by atoms with Crippen LogP contribution in [0, 0.1) is 0 Å². The summed E-state index contributed by atoms with van der Waals surface area (Å²) < 4.78 is 9.75. The number of carbonyl (C=O) groups is 2. The highest BCUT2D eigenvalue weighted by Gasteiger charge is 2.09. The van der Waals surface area contributed by atoms with Gasteiger partial charge in [-0.15, -0.1) is 0 Å². The molecule has 23 heavy (non-hydrogen) atoms. The molecule has 7 heteroatoms. The van der Waals surface area contributed by atoms with Gasteiger partial charge in [-0.25, -0.2) is 4.79 Å². The molecule has 0 aromatic heterocycles. The predicted octanol–water partition coefficient (Wildman–Crippen LogP) is 3.80. The van der Waals surface area contributed by atoms with E-state index in [0.29, 0.717) is 27.0 Å². The SMILES string of the molecule is COC(=O)COc1cccc(NC(=O)c2ccc(Cl)c(Cl)c2)c1. The van der Waals surface area contributed by atoms with Crippen molar-refractivity contribution < 1.29 is 19.1 Å². The number of anilines is 1. The van der Waals surface area contributed by atoms with Gasteiger partial charge in [0.05, 0.1) is 17.2 Å². The number of benzene rings is 2. The molecule has 0 unspecified atom stereocenters. The lowest BCUT2D eigenvalue weighted by atomic mass is 10.2. The molecule has 0 aliphatic heterocycles. The standard InChI is InChI=1S/C16H13Cl2NO4/c1-22-15(20)9-23-12-4-2-3-11(8-12)19-16(21)10-5-6-13(17)14(18)7-10/h2-8H,9H2,1H3,(H,19,21). The summed E-state index contributed by atoms with van der Waals surface area (Å²) in [6.45, 7) is -0.208. The molecule has 0 radical (unpaired) electrons. The van der Waals surface area contributed by atoms with Gasteiger partial charge in [-0.1, -0.05) is 29.3 Å². The van der Waals surface area contributed by atoms with Gasteiger partial charge in [0.1, 0.15) is 5.75 Å². The van der Waals surface area contributed by atoms with E-state index in [-0.39, 0.29) is 12.5 Å². The normalized spacial score (nSPS) is 10.0. The quantitative estimate of drug-likeness (QED) is 0.830. The van der Waals surface area contributed by atoms with Crippen LogP contribution in [0.4, 0.5) is 5.69 Å². The van der Waals surface area contributed by atoms with Gasteiger partial charge in [0.15, 0.2) is 6.61 Å². The molecule has 2 rings (SSSR count). The van der Waals surface area contributed by atoms with Crippen LogP contribution in [0.15, 0.2) is 42.5 Å². The molecule has 2 aromatic rings. The predicted molar refractivity (Wildman–Crippen MR) is 88.4 cm³/mol. The molecule has 0 spiro atoms. The van der Waals surface area contributed by atoms with Crippen LogP contribution in [-0.2, 0) is 9.53 Å². The molecule has 0 aliphatic rings. The summed E-state index contributed by atoms with van der Waals surface area (Å²) in [5.41, 5.74) is 0.892. The Morgan fingerprint density at radius 1 is 1.09 bits per heavy atom. The first-order valence-electron chi connectivity index (χ1n) is 6.55. The van der Waals surface area contributed by atoms with Crippen LogP contribution < -0.4 is 10.1 Å². The first-order valence-corrected chi connectivity index (χ1v) is 7.31. The Morgan fingerprint density at radius 2 is 1.87 bits per heavy atom. The van der Waals surface area contributed by atoms with Crippen LogP contribution in [0.2, 0.25) is 10.0 Å². The summed E-state index contributed by atoms with van der Waals surface area (Å²) in [4.78, 5) is 23.2. The van der Waals surface area contributed by atoms with Crippen LogP contribution >= 0.6 is 23.2 Å². The molecular formula is C16H13Cl2NO4. The number of hydrogen-bond donors (Lipinski definition) is 1. The highest BCUT2D eigenvalue weighted by atomic mass is 35.5. The smallest absolute Gasteiger partial charge is 0.343 e. The van der Waals surface area contributed by atoms with E-state index in [1.165, 1.54) is 13.2 Å². The number of nitrogens with one attached hydrogen (secondary N) is 1. The molecule has 0 saturated carbocycles. The molecule has 2 aromatic carbocycles. The second-order valence-corrected chi connectivity index (χ2v) is 5.29. The van der Waals surface area contributed by atoms with Crippen molar-refractivity contribution in [2.75, 3.05) is 19.0 Å². The van der Waals surface area contributed by atoms with Gasteiger partial charge in [-0.3, -0.25) is 4.79 Å². The van der Waals surface area contributed by atoms with Crippen molar-refractivity contribution in [3.05, 3.63) is 58.1 Å². The maximum absolute atomic E-state index is 12.2. The number of halogens is 2. The van der Waals surface area contributed by atoms with Gasteiger partial charge in [0.2, 0.25) is 0 Å². The molecule has 5 nitrogen and oxygen atoms in total. The Kier molecular flexibility index (Phi) is 5.84. The van der Waals surface area contributed by atoms with Crippen LogP contribution in [0.3, 0.4) is 0 Å². The van der Waals surface area contributed by atoms with E-state index in [9.17, 15) is 9.59 Å². The Morgan fingerprint density at radius 3 is 2.57 bits per heavy atom.